The van der Waals surface area contributed by atoms with Gasteiger partial charge in [-0.2, -0.15) is 0 Å². The van der Waals surface area contributed by atoms with E-state index in [9.17, 15) is 0 Å². The third-order valence-corrected chi connectivity index (χ3v) is 3.85. The molecule has 3 nitrogen and oxygen atoms in total. The summed E-state index contributed by atoms with van der Waals surface area (Å²) in [6, 6.07) is 10.2. The predicted molar refractivity (Wildman–Crippen MR) is 88.9 cm³/mol. The van der Waals surface area contributed by atoms with Crippen molar-refractivity contribution in [1.29, 1.82) is 0 Å². The standard InChI is InChI=1S/C17H22N2OS/c1-4-9-14(20-5-2)16-18-15(12(3)17(21)19-16)13-10-7-6-8-11-13/h6-8,10-11,14H,4-5,9H2,1-3H3,(H,18,19,21). The molecule has 0 aliphatic heterocycles. The van der Waals surface area contributed by atoms with E-state index in [2.05, 4.69) is 29.0 Å². The van der Waals surface area contributed by atoms with Crippen LogP contribution in [0.2, 0.25) is 0 Å². The first-order chi connectivity index (χ1) is 10.2. The number of H-pyrrole nitrogens is 1. The third kappa shape index (κ3) is 3.77. The first kappa shape index (κ1) is 15.9. The zero-order valence-corrected chi connectivity index (χ0v) is 13.7. The van der Waals surface area contributed by atoms with Gasteiger partial charge >= 0.3 is 0 Å². The number of benzene rings is 1. The molecule has 1 atom stereocenters. The highest BCUT2D eigenvalue weighted by Gasteiger charge is 2.16. The quantitative estimate of drug-likeness (QED) is 0.764. The molecule has 0 saturated carbocycles. The zero-order chi connectivity index (χ0) is 15.2. The number of aromatic nitrogens is 2. The minimum absolute atomic E-state index is 0.0234. The summed E-state index contributed by atoms with van der Waals surface area (Å²) in [5.41, 5.74) is 3.16. The average Bonchev–Trinajstić information content (AvgIpc) is 2.50. The molecule has 1 N–H and O–H groups in total. The van der Waals surface area contributed by atoms with Crippen LogP contribution in [0.1, 0.15) is 44.2 Å². The number of hydrogen-bond donors (Lipinski definition) is 1. The van der Waals surface area contributed by atoms with Crippen LogP contribution < -0.4 is 0 Å². The summed E-state index contributed by atoms with van der Waals surface area (Å²) in [4.78, 5) is 7.97. The molecular weight excluding hydrogens is 280 g/mol. The average molecular weight is 302 g/mol. The Bertz CT molecular complexity index is 631. The Balaban J connectivity index is 2.50. The van der Waals surface area contributed by atoms with Crippen molar-refractivity contribution < 1.29 is 4.74 Å². The topological polar surface area (TPSA) is 37.9 Å². The maximum atomic E-state index is 5.81. The highest BCUT2D eigenvalue weighted by atomic mass is 32.1. The predicted octanol–water partition coefficient (Wildman–Crippen LogP) is 4.99. The number of nitrogens with one attached hydrogen (secondary N) is 1. The molecule has 21 heavy (non-hydrogen) atoms. The molecule has 0 aliphatic rings. The van der Waals surface area contributed by atoms with Gasteiger partial charge in [0.05, 0.1) is 5.69 Å². The molecule has 0 spiro atoms. The lowest BCUT2D eigenvalue weighted by atomic mass is 10.1. The molecule has 1 heterocycles. The number of ether oxygens (including phenoxy) is 1. The SMILES string of the molecule is CCCC(OCC)c1nc(=S)c(C)c(-c2ccccc2)[nH]1. The Kier molecular flexibility index (Phi) is 5.65. The smallest absolute Gasteiger partial charge is 0.137 e. The molecule has 0 saturated heterocycles. The van der Waals surface area contributed by atoms with Gasteiger partial charge in [0.2, 0.25) is 0 Å². The van der Waals surface area contributed by atoms with E-state index in [0.29, 0.717) is 11.2 Å². The Labute approximate surface area is 131 Å². The Hall–Kier alpha value is -1.52. The second kappa shape index (κ2) is 7.48. The molecule has 1 aromatic heterocycles. The minimum Gasteiger partial charge on any atom is -0.371 e. The van der Waals surface area contributed by atoms with Gasteiger partial charge in [0, 0.05) is 12.2 Å². The second-order valence-electron chi connectivity index (χ2n) is 5.03. The van der Waals surface area contributed by atoms with Crippen LogP contribution in [-0.4, -0.2) is 16.6 Å². The minimum atomic E-state index is -0.0234. The van der Waals surface area contributed by atoms with Gasteiger partial charge in [-0.25, -0.2) is 4.98 Å². The highest BCUT2D eigenvalue weighted by molar-refractivity contribution is 7.71. The molecule has 0 amide bonds. The van der Waals surface area contributed by atoms with Gasteiger partial charge in [-0.15, -0.1) is 0 Å². The van der Waals surface area contributed by atoms with Crippen LogP contribution in [0.25, 0.3) is 11.3 Å². The van der Waals surface area contributed by atoms with Crippen LogP contribution in [0.3, 0.4) is 0 Å². The van der Waals surface area contributed by atoms with Crippen molar-refractivity contribution in [3.05, 3.63) is 46.4 Å². The lowest BCUT2D eigenvalue weighted by molar-refractivity contribution is 0.0493. The zero-order valence-electron chi connectivity index (χ0n) is 12.8. The Morgan fingerprint density at radius 2 is 1.95 bits per heavy atom. The fraction of sp³-hybridized carbons (Fsp3) is 0.412. The number of aromatic amines is 1. The monoisotopic (exact) mass is 302 g/mol. The van der Waals surface area contributed by atoms with Crippen LogP contribution in [-0.2, 0) is 4.74 Å². The Morgan fingerprint density at radius 1 is 1.24 bits per heavy atom. The third-order valence-electron chi connectivity index (χ3n) is 3.46. The number of rotatable bonds is 6. The molecule has 112 valence electrons. The van der Waals surface area contributed by atoms with Crippen LogP contribution >= 0.6 is 12.2 Å². The van der Waals surface area contributed by atoms with Crippen molar-refractivity contribution in [2.24, 2.45) is 0 Å². The molecule has 2 aromatic rings. The largest absolute Gasteiger partial charge is 0.371 e. The Morgan fingerprint density at radius 3 is 2.57 bits per heavy atom. The summed E-state index contributed by atoms with van der Waals surface area (Å²) in [5, 5.41) is 0. The fourth-order valence-electron chi connectivity index (χ4n) is 2.36. The number of nitrogens with zero attached hydrogens (tertiary/aromatic N) is 1. The van der Waals surface area contributed by atoms with Gasteiger partial charge in [-0.3, -0.25) is 0 Å². The van der Waals surface area contributed by atoms with E-state index in [1.165, 1.54) is 0 Å². The molecule has 0 aliphatic carbocycles. The molecule has 2 rings (SSSR count). The van der Waals surface area contributed by atoms with Gasteiger partial charge in [-0.05, 0) is 25.8 Å². The van der Waals surface area contributed by atoms with E-state index in [0.717, 1.165) is 35.5 Å². The summed E-state index contributed by atoms with van der Waals surface area (Å²) in [5.74, 6) is 0.827. The summed E-state index contributed by atoms with van der Waals surface area (Å²) in [7, 11) is 0. The summed E-state index contributed by atoms with van der Waals surface area (Å²) >= 11 is 5.43. The fourth-order valence-corrected chi connectivity index (χ4v) is 2.56. The van der Waals surface area contributed by atoms with Crippen molar-refractivity contribution in [3.63, 3.8) is 0 Å². The van der Waals surface area contributed by atoms with Gasteiger partial charge in [0.25, 0.3) is 0 Å². The molecule has 1 aromatic carbocycles. The molecule has 4 heteroatoms. The van der Waals surface area contributed by atoms with E-state index in [-0.39, 0.29) is 6.10 Å². The molecule has 0 radical (unpaired) electrons. The van der Waals surface area contributed by atoms with E-state index in [1.807, 2.05) is 32.0 Å². The first-order valence-electron chi connectivity index (χ1n) is 7.45. The van der Waals surface area contributed by atoms with Crippen molar-refractivity contribution in [1.82, 2.24) is 9.97 Å². The van der Waals surface area contributed by atoms with Crippen LogP contribution in [0, 0.1) is 11.6 Å². The van der Waals surface area contributed by atoms with E-state index < -0.39 is 0 Å². The van der Waals surface area contributed by atoms with Gasteiger partial charge < -0.3 is 9.72 Å². The molecule has 0 fully saturated rings. The van der Waals surface area contributed by atoms with Crippen molar-refractivity contribution in [3.8, 4) is 11.3 Å². The van der Waals surface area contributed by atoms with E-state index >= 15 is 0 Å². The van der Waals surface area contributed by atoms with Crippen LogP contribution in [0.5, 0.6) is 0 Å². The lowest BCUT2D eigenvalue weighted by Gasteiger charge is -2.18. The van der Waals surface area contributed by atoms with Gasteiger partial charge in [-0.1, -0.05) is 55.9 Å². The maximum Gasteiger partial charge on any atom is 0.137 e. The first-order valence-corrected chi connectivity index (χ1v) is 7.86. The summed E-state index contributed by atoms with van der Waals surface area (Å²) in [6.07, 6.45) is 1.95. The van der Waals surface area contributed by atoms with Gasteiger partial charge in [0.1, 0.15) is 16.6 Å². The van der Waals surface area contributed by atoms with Gasteiger partial charge in [0.15, 0.2) is 0 Å². The maximum absolute atomic E-state index is 5.81. The second-order valence-corrected chi connectivity index (χ2v) is 5.41. The van der Waals surface area contributed by atoms with E-state index in [1.54, 1.807) is 0 Å². The normalized spacial score (nSPS) is 12.3. The summed E-state index contributed by atoms with van der Waals surface area (Å²) in [6.45, 7) is 6.82. The van der Waals surface area contributed by atoms with Crippen LogP contribution in [0.4, 0.5) is 0 Å². The molecule has 1 unspecified atom stereocenters. The van der Waals surface area contributed by atoms with Crippen molar-refractivity contribution in [2.75, 3.05) is 6.61 Å². The van der Waals surface area contributed by atoms with Crippen LogP contribution in [0.15, 0.2) is 30.3 Å². The summed E-state index contributed by atoms with van der Waals surface area (Å²) < 4.78 is 6.46. The lowest BCUT2D eigenvalue weighted by Crippen LogP contribution is -2.10. The number of hydrogen-bond acceptors (Lipinski definition) is 3. The van der Waals surface area contributed by atoms with E-state index in [4.69, 9.17) is 17.0 Å². The highest BCUT2D eigenvalue weighted by Crippen LogP contribution is 2.26. The van der Waals surface area contributed by atoms with Crippen molar-refractivity contribution >= 4 is 12.2 Å². The molecular formula is C17H22N2OS. The van der Waals surface area contributed by atoms with Crippen molar-refractivity contribution in [2.45, 2.75) is 39.7 Å². The molecule has 0 bridgehead atoms.